The van der Waals surface area contributed by atoms with Crippen molar-refractivity contribution >= 4 is 23.2 Å². The summed E-state index contributed by atoms with van der Waals surface area (Å²) in [5, 5.41) is 37.7. The highest BCUT2D eigenvalue weighted by atomic mass is 16.7. The number of methoxy groups -OCH3 is 2. The molecule has 16 atom stereocenters. The maximum absolute atomic E-state index is 14.1. The van der Waals surface area contributed by atoms with Crippen LogP contribution >= 0.6 is 0 Å². The minimum Gasteiger partial charge on any atom is -0.465 e. The number of esters is 1. The summed E-state index contributed by atoms with van der Waals surface area (Å²) in [6.07, 6.45) is -3.88. The second kappa shape index (κ2) is 25.1. The number of likely N-dealkylation sites (N-methyl/N-ethyl adjacent to an activating group) is 1. The van der Waals surface area contributed by atoms with E-state index in [-0.39, 0.29) is 57.8 Å². The van der Waals surface area contributed by atoms with Crippen molar-refractivity contribution in [1.82, 2.24) is 4.90 Å². The van der Waals surface area contributed by atoms with E-state index >= 15 is 0 Å². The first-order chi connectivity index (χ1) is 31.0. The van der Waals surface area contributed by atoms with Gasteiger partial charge in [-0.2, -0.15) is 0 Å². The second-order valence-corrected chi connectivity index (χ2v) is 18.1. The summed E-state index contributed by atoms with van der Waals surface area (Å²) < 4.78 is 55.2. The number of benzene rings is 1. The van der Waals surface area contributed by atoms with E-state index in [2.05, 4.69) is 5.16 Å². The third kappa shape index (κ3) is 14.6. The fourth-order valence-corrected chi connectivity index (χ4v) is 8.91. The SMILES string of the molecule is CO[C@@H]1[C@H](O)[C@@H](C)O[C@@H](OC[C@H]2/C=C(C)/C=C/C(=O)[C@H](C)CC3CCOC/C(=N\OCc4ccc(N)cc4)CO[C@H](CC(=O)OC2)[C@H](C)[C@H]3O[C@@H]2O[C@H](C)[C@@H](O)[C@H](N(C)C)[C@H]2O)[C@@H]1OC. The average Bonchev–Trinajstić information content (AvgIpc) is 3.29. The molecule has 1 unspecified atom stereocenters. The fourth-order valence-electron chi connectivity index (χ4n) is 8.91. The predicted octanol–water partition coefficient (Wildman–Crippen LogP) is 2.79. The normalized spacial score (nSPS) is 39.3. The molecule has 0 spiro atoms. The van der Waals surface area contributed by atoms with Gasteiger partial charge in [-0.1, -0.05) is 48.9 Å². The number of hydrogen-bond donors (Lipinski definition) is 4. The number of aliphatic hydroxyl groups is 3. The van der Waals surface area contributed by atoms with E-state index < -0.39 is 97.3 Å². The number of rotatable bonds is 11. The minimum atomic E-state index is -1.25. The Balaban J connectivity index is 1.46. The van der Waals surface area contributed by atoms with E-state index in [0.717, 1.165) is 11.1 Å². The van der Waals surface area contributed by atoms with Crippen LogP contribution in [0.2, 0.25) is 0 Å². The molecule has 3 fully saturated rings. The number of hydrogen-bond acceptors (Lipinski definition) is 18. The van der Waals surface area contributed by atoms with Crippen LogP contribution < -0.4 is 5.73 Å². The highest BCUT2D eigenvalue weighted by molar-refractivity contribution is 5.91. The van der Waals surface area contributed by atoms with Crippen LogP contribution in [0, 0.1) is 23.7 Å². The predicted molar refractivity (Wildman–Crippen MR) is 238 cm³/mol. The van der Waals surface area contributed by atoms with Gasteiger partial charge in [0, 0.05) is 44.3 Å². The summed E-state index contributed by atoms with van der Waals surface area (Å²) in [6, 6.07) is 6.54. The van der Waals surface area contributed by atoms with Crippen molar-refractivity contribution in [3.8, 4) is 0 Å². The van der Waals surface area contributed by atoms with E-state index in [4.69, 9.17) is 53.2 Å². The summed E-state index contributed by atoms with van der Waals surface area (Å²) in [5.41, 5.74) is 8.52. The van der Waals surface area contributed by atoms with E-state index in [1.54, 1.807) is 57.1 Å². The largest absolute Gasteiger partial charge is 0.465 e. The van der Waals surface area contributed by atoms with Crippen LogP contribution in [-0.4, -0.2) is 173 Å². The van der Waals surface area contributed by atoms with Crippen LogP contribution in [0.1, 0.15) is 59.4 Å². The molecule has 0 aliphatic carbocycles. The minimum absolute atomic E-state index is 0.0292. The highest BCUT2D eigenvalue weighted by Crippen LogP contribution is 2.36. The number of carbonyl (C=O) groups excluding carboxylic acids is 2. The number of allylic oxidation sites excluding steroid dienone is 3. The van der Waals surface area contributed by atoms with Crippen molar-refractivity contribution in [2.75, 3.05) is 67.1 Å². The average molecular weight is 920 g/mol. The zero-order chi connectivity index (χ0) is 47.4. The van der Waals surface area contributed by atoms with Gasteiger partial charge in [0.15, 0.2) is 18.4 Å². The number of fused-ring (bicyclic) bond motifs is 3. The first-order valence-electron chi connectivity index (χ1n) is 22.6. The number of nitrogen functional groups attached to an aromatic ring is 1. The quantitative estimate of drug-likeness (QED) is 0.142. The Morgan fingerprint density at radius 1 is 0.877 bits per heavy atom. The van der Waals surface area contributed by atoms with Crippen LogP contribution in [0.25, 0.3) is 0 Å². The first-order valence-corrected chi connectivity index (χ1v) is 22.6. The fraction of sp³-hybridized carbons (Fsp3) is 0.723. The standard InChI is InChI=1S/C47H73N3O15/c1-26-10-15-36(51)27(2)19-33-16-17-58-24-35(49-62-23-31-11-13-34(48)14-12-31)25-59-37(28(3)43(33)65-46-42(55)39(50(6)7)40(53)29(4)63-46)20-38(52)60-21-32(18-26)22-61-47-45(57-9)44(56-8)41(54)30(5)64-47/h10-15,18,27-30,32-33,37,39-47,53-55H,16-17,19-25,48H2,1-9H3/b15-10+,26-18+,49-35+/t27-,28+,29-,30-,32+,33?,37-,39+,40-,41-,42-,43-,44-,45-,46+,47-/m1/s1. The third-order valence-electron chi connectivity index (χ3n) is 12.8. The lowest BCUT2D eigenvalue weighted by molar-refractivity contribution is -0.305. The zero-order valence-corrected chi connectivity index (χ0v) is 39.4. The summed E-state index contributed by atoms with van der Waals surface area (Å²) in [4.78, 5) is 35.4. The summed E-state index contributed by atoms with van der Waals surface area (Å²) in [5.74, 6) is -2.56. The van der Waals surface area contributed by atoms with Crippen molar-refractivity contribution in [3.05, 3.63) is 53.6 Å². The molecule has 4 aliphatic rings. The summed E-state index contributed by atoms with van der Waals surface area (Å²) >= 11 is 0. The van der Waals surface area contributed by atoms with Gasteiger partial charge in [0.05, 0.1) is 69.4 Å². The molecule has 5 rings (SSSR count). The van der Waals surface area contributed by atoms with Crippen LogP contribution in [0.3, 0.4) is 0 Å². The van der Waals surface area contributed by atoms with Gasteiger partial charge in [-0.25, -0.2) is 0 Å². The van der Waals surface area contributed by atoms with Crippen LogP contribution in [0.15, 0.2) is 53.2 Å². The van der Waals surface area contributed by atoms with Crippen molar-refractivity contribution in [2.45, 2.75) is 134 Å². The van der Waals surface area contributed by atoms with Crippen molar-refractivity contribution in [2.24, 2.45) is 28.8 Å². The molecule has 3 saturated heterocycles. The van der Waals surface area contributed by atoms with Crippen LogP contribution in [0.5, 0.6) is 0 Å². The van der Waals surface area contributed by atoms with Crippen LogP contribution in [-0.2, 0) is 63.7 Å². The van der Waals surface area contributed by atoms with E-state index in [1.165, 1.54) is 14.2 Å². The molecule has 18 heteroatoms. The number of anilines is 1. The number of oxime groups is 1. The number of cyclic esters (lactones) is 1. The van der Waals surface area contributed by atoms with E-state index in [9.17, 15) is 24.9 Å². The summed E-state index contributed by atoms with van der Waals surface area (Å²) in [6.45, 7) is 9.42. The Morgan fingerprint density at radius 3 is 2.26 bits per heavy atom. The lowest BCUT2D eigenvalue weighted by Gasteiger charge is -2.47. The van der Waals surface area contributed by atoms with Crippen molar-refractivity contribution < 1.29 is 72.4 Å². The smallest absolute Gasteiger partial charge is 0.308 e. The van der Waals surface area contributed by atoms with Gasteiger partial charge in [0.25, 0.3) is 0 Å². The Bertz CT molecular complexity index is 1740. The molecule has 2 bridgehead atoms. The van der Waals surface area contributed by atoms with Gasteiger partial charge < -0.3 is 73.4 Å². The Hall–Kier alpha value is -3.37. The number of aliphatic hydroxyl groups excluding tert-OH is 3. The van der Waals surface area contributed by atoms with Crippen molar-refractivity contribution in [1.29, 1.82) is 0 Å². The Kier molecular flexibility index (Phi) is 20.3. The molecule has 5 N–H and O–H groups in total. The van der Waals surface area contributed by atoms with Gasteiger partial charge in [-0.15, -0.1) is 0 Å². The molecule has 65 heavy (non-hydrogen) atoms. The monoisotopic (exact) mass is 920 g/mol. The Morgan fingerprint density at radius 2 is 1.57 bits per heavy atom. The highest BCUT2D eigenvalue weighted by Gasteiger charge is 2.48. The molecule has 18 nitrogen and oxygen atoms in total. The Labute approximate surface area is 383 Å². The number of nitrogens with zero attached hydrogens (tertiary/aromatic N) is 2. The third-order valence-corrected chi connectivity index (χ3v) is 12.8. The van der Waals surface area contributed by atoms with Gasteiger partial charge in [-0.05, 0) is 77.4 Å². The number of ketones is 1. The van der Waals surface area contributed by atoms with Gasteiger partial charge in [-0.3, -0.25) is 9.59 Å². The molecule has 1 aromatic rings. The lowest BCUT2D eigenvalue weighted by Crippen LogP contribution is -2.63. The molecule has 1 aromatic carbocycles. The van der Waals surface area contributed by atoms with Gasteiger partial charge >= 0.3 is 5.97 Å². The molecule has 0 amide bonds. The second-order valence-electron chi connectivity index (χ2n) is 18.1. The number of ether oxygens (including phenoxy) is 9. The molecule has 4 heterocycles. The number of nitrogens with two attached hydrogens (primary N) is 1. The lowest BCUT2D eigenvalue weighted by atomic mass is 9.79. The zero-order valence-electron chi connectivity index (χ0n) is 39.4. The molecule has 4 aliphatic heterocycles. The molecule has 366 valence electrons. The van der Waals surface area contributed by atoms with Gasteiger partial charge in [0.1, 0.15) is 36.7 Å². The van der Waals surface area contributed by atoms with Gasteiger partial charge in [0.2, 0.25) is 0 Å². The molecule has 0 radical (unpaired) electrons. The maximum Gasteiger partial charge on any atom is 0.308 e. The van der Waals surface area contributed by atoms with Crippen LogP contribution in [0.4, 0.5) is 5.69 Å². The van der Waals surface area contributed by atoms with E-state index in [1.807, 2.05) is 39.0 Å². The number of carbonyl (C=O) groups is 2. The van der Waals surface area contributed by atoms with E-state index in [0.29, 0.717) is 24.2 Å². The van der Waals surface area contributed by atoms with Crippen molar-refractivity contribution in [3.63, 3.8) is 0 Å². The molecule has 0 aromatic heterocycles. The first kappa shape index (κ1) is 52.6. The summed E-state index contributed by atoms with van der Waals surface area (Å²) in [7, 11) is 6.49. The topological polar surface area (TPSA) is 229 Å². The molecular weight excluding hydrogens is 847 g/mol. The molecular formula is C47H73N3O15. The maximum atomic E-state index is 14.1. The molecule has 0 saturated carbocycles.